The number of anilines is 2. The summed E-state index contributed by atoms with van der Waals surface area (Å²) in [5.74, 6) is 0.850. The zero-order valence-corrected chi connectivity index (χ0v) is 16.5. The van der Waals surface area contributed by atoms with Crippen LogP contribution < -0.4 is 15.0 Å². The topological polar surface area (TPSA) is 57.7 Å². The first-order valence-electron chi connectivity index (χ1n) is 9.18. The van der Waals surface area contributed by atoms with Crippen molar-refractivity contribution >= 4 is 28.7 Å². The van der Waals surface area contributed by atoms with Crippen molar-refractivity contribution in [2.75, 3.05) is 43.5 Å². The van der Waals surface area contributed by atoms with Gasteiger partial charge in [0.15, 0.2) is 0 Å². The standard InChI is InChI=1S/C21H22N4O2S/c1-27-19-8-6-18(7-9-19)24-11-13-25(14-12-24)21(26)23-17-4-2-16(3-5-17)20-22-10-15-28-20/h2-10,15H,11-14H2,1H3,(H,23,26). The molecule has 0 saturated carbocycles. The van der Waals surface area contributed by atoms with Crippen molar-refractivity contribution in [3.8, 4) is 16.3 Å². The number of hydrogen-bond acceptors (Lipinski definition) is 5. The molecule has 4 rings (SSSR count). The van der Waals surface area contributed by atoms with Gasteiger partial charge >= 0.3 is 6.03 Å². The molecule has 2 aromatic carbocycles. The van der Waals surface area contributed by atoms with E-state index in [1.807, 2.05) is 46.7 Å². The molecule has 0 bridgehead atoms. The second kappa shape index (κ2) is 8.31. The molecule has 1 N–H and O–H groups in total. The van der Waals surface area contributed by atoms with Gasteiger partial charge in [0, 0.05) is 54.7 Å². The minimum Gasteiger partial charge on any atom is -0.497 e. The van der Waals surface area contributed by atoms with Crippen LogP contribution in [0, 0.1) is 0 Å². The summed E-state index contributed by atoms with van der Waals surface area (Å²) in [5.41, 5.74) is 3.00. The van der Waals surface area contributed by atoms with Crippen LogP contribution in [0.5, 0.6) is 5.75 Å². The van der Waals surface area contributed by atoms with Gasteiger partial charge in [0.2, 0.25) is 0 Å². The second-order valence-corrected chi connectivity index (χ2v) is 7.41. The van der Waals surface area contributed by atoms with E-state index < -0.39 is 0 Å². The van der Waals surface area contributed by atoms with Gasteiger partial charge in [-0.3, -0.25) is 0 Å². The number of methoxy groups -OCH3 is 1. The van der Waals surface area contributed by atoms with E-state index in [0.29, 0.717) is 13.1 Å². The number of benzene rings is 2. The van der Waals surface area contributed by atoms with Crippen molar-refractivity contribution < 1.29 is 9.53 Å². The van der Waals surface area contributed by atoms with E-state index in [1.165, 1.54) is 0 Å². The van der Waals surface area contributed by atoms with E-state index in [1.54, 1.807) is 24.6 Å². The summed E-state index contributed by atoms with van der Waals surface area (Å²) in [6, 6.07) is 15.8. The van der Waals surface area contributed by atoms with E-state index in [0.717, 1.165) is 40.8 Å². The highest BCUT2D eigenvalue weighted by Gasteiger charge is 2.21. The molecule has 1 aliphatic rings. The predicted octanol–water partition coefficient (Wildman–Crippen LogP) is 4.17. The van der Waals surface area contributed by atoms with Crippen LogP contribution in [0.1, 0.15) is 0 Å². The Morgan fingerprint density at radius 1 is 1.04 bits per heavy atom. The molecule has 1 saturated heterocycles. The van der Waals surface area contributed by atoms with Gasteiger partial charge in [-0.05, 0) is 48.5 Å². The number of rotatable bonds is 4. The normalized spacial score (nSPS) is 14.0. The Bertz CT molecular complexity index is 903. The maximum absolute atomic E-state index is 12.6. The van der Waals surface area contributed by atoms with Crippen molar-refractivity contribution in [2.24, 2.45) is 0 Å². The summed E-state index contributed by atoms with van der Waals surface area (Å²) in [6.45, 7) is 3.00. The SMILES string of the molecule is COc1ccc(N2CCN(C(=O)Nc3ccc(-c4nccs4)cc3)CC2)cc1. The molecule has 0 aliphatic carbocycles. The molecule has 0 spiro atoms. The first kappa shape index (κ1) is 18.3. The molecular formula is C21H22N4O2S. The summed E-state index contributed by atoms with van der Waals surface area (Å²) in [7, 11) is 1.67. The molecule has 0 unspecified atom stereocenters. The number of urea groups is 1. The van der Waals surface area contributed by atoms with Gasteiger partial charge < -0.3 is 19.9 Å². The van der Waals surface area contributed by atoms with E-state index in [-0.39, 0.29) is 6.03 Å². The molecule has 2 heterocycles. The maximum Gasteiger partial charge on any atom is 0.321 e. The monoisotopic (exact) mass is 394 g/mol. The number of thiazole rings is 1. The molecular weight excluding hydrogens is 372 g/mol. The first-order valence-corrected chi connectivity index (χ1v) is 10.1. The molecule has 1 aliphatic heterocycles. The Balaban J connectivity index is 1.31. The highest BCUT2D eigenvalue weighted by atomic mass is 32.1. The Hall–Kier alpha value is -3.06. The lowest BCUT2D eigenvalue weighted by Crippen LogP contribution is -2.50. The van der Waals surface area contributed by atoms with Crippen LogP contribution in [-0.4, -0.2) is 49.2 Å². The Morgan fingerprint density at radius 2 is 1.75 bits per heavy atom. The third kappa shape index (κ3) is 4.09. The third-order valence-electron chi connectivity index (χ3n) is 4.82. The van der Waals surface area contributed by atoms with Crippen molar-refractivity contribution in [3.63, 3.8) is 0 Å². The zero-order chi connectivity index (χ0) is 19.3. The number of nitrogens with zero attached hydrogens (tertiary/aromatic N) is 3. The van der Waals surface area contributed by atoms with Gasteiger partial charge in [0.05, 0.1) is 7.11 Å². The van der Waals surface area contributed by atoms with Crippen molar-refractivity contribution in [2.45, 2.75) is 0 Å². The number of piperazine rings is 1. The Labute approximate surface area is 168 Å². The van der Waals surface area contributed by atoms with Crippen molar-refractivity contribution in [1.82, 2.24) is 9.88 Å². The van der Waals surface area contributed by atoms with Gasteiger partial charge in [0.25, 0.3) is 0 Å². The van der Waals surface area contributed by atoms with E-state index in [9.17, 15) is 4.79 Å². The van der Waals surface area contributed by atoms with E-state index >= 15 is 0 Å². The first-order chi connectivity index (χ1) is 13.7. The summed E-state index contributed by atoms with van der Waals surface area (Å²) in [6.07, 6.45) is 1.79. The largest absolute Gasteiger partial charge is 0.497 e. The average Bonchev–Trinajstić information content (AvgIpc) is 3.29. The number of carbonyl (C=O) groups is 1. The molecule has 7 heteroatoms. The number of aromatic nitrogens is 1. The second-order valence-electron chi connectivity index (χ2n) is 6.52. The average molecular weight is 395 g/mol. The number of nitrogens with one attached hydrogen (secondary N) is 1. The van der Waals surface area contributed by atoms with Crippen LogP contribution in [0.25, 0.3) is 10.6 Å². The third-order valence-corrected chi connectivity index (χ3v) is 5.64. The molecule has 144 valence electrons. The molecule has 0 atom stereocenters. The van der Waals surface area contributed by atoms with Gasteiger partial charge in [-0.25, -0.2) is 9.78 Å². The minimum absolute atomic E-state index is 0.0589. The van der Waals surface area contributed by atoms with Crippen molar-refractivity contribution in [1.29, 1.82) is 0 Å². The van der Waals surface area contributed by atoms with Crippen LogP contribution in [0.2, 0.25) is 0 Å². The Kier molecular flexibility index (Phi) is 5.43. The fraction of sp³-hybridized carbons (Fsp3) is 0.238. The van der Waals surface area contributed by atoms with Gasteiger partial charge in [-0.2, -0.15) is 0 Å². The number of carbonyl (C=O) groups excluding carboxylic acids is 1. The zero-order valence-electron chi connectivity index (χ0n) is 15.7. The number of hydrogen-bond donors (Lipinski definition) is 1. The molecule has 3 aromatic rings. The molecule has 28 heavy (non-hydrogen) atoms. The fourth-order valence-electron chi connectivity index (χ4n) is 3.23. The lowest BCUT2D eigenvalue weighted by molar-refractivity contribution is 0.208. The quantitative estimate of drug-likeness (QED) is 0.721. The molecule has 2 amide bonds. The van der Waals surface area contributed by atoms with Gasteiger partial charge in [-0.1, -0.05) is 0 Å². The summed E-state index contributed by atoms with van der Waals surface area (Å²) in [5, 5.41) is 5.92. The van der Waals surface area contributed by atoms with E-state index in [4.69, 9.17) is 4.74 Å². The van der Waals surface area contributed by atoms with Crippen molar-refractivity contribution in [3.05, 3.63) is 60.1 Å². The molecule has 1 aromatic heterocycles. The lowest BCUT2D eigenvalue weighted by atomic mass is 10.2. The highest BCUT2D eigenvalue weighted by molar-refractivity contribution is 7.13. The van der Waals surface area contributed by atoms with Crippen LogP contribution >= 0.6 is 11.3 Å². The summed E-state index contributed by atoms with van der Waals surface area (Å²) < 4.78 is 5.21. The van der Waals surface area contributed by atoms with Crippen LogP contribution in [0.3, 0.4) is 0 Å². The predicted molar refractivity (Wildman–Crippen MR) is 113 cm³/mol. The van der Waals surface area contributed by atoms with E-state index in [2.05, 4.69) is 27.3 Å². The molecule has 6 nitrogen and oxygen atoms in total. The number of ether oxygens (including phenoxy) is 1. The summed E-state index contributed by atoms with van der Waals surface area (Å²) >= 11 is 1.60. The summed E-state index contributed by atoms with van der Waals surface area (Å²) in [4.78, 5) is 21.0. The smallest absolute Gasteiger partial charge is 0.321 e. The molecule has 0 radical (unpaired) electrons. The van der Waals surface area contributed by atoms with Crippen LogP contribution in [-0.2, 0) is 0 Å². The lowest BCUT2D eigenvalue weighted by Gasteiger charge is -2.36. The number of amides is 2. The molecule has 1 fully saturated rings. The van der Waals surface area contributed by atoms with Crippen LogP contribution in [0.15, 0.2) is 60.1 Å². The van der Waals surface area contributed by atoms with Gasteiger partial charge in [0.1, 0.15) is 10.8 Å². The van der Waals surface area contributed by atoms with Crippen LogP contribution in [0.4, 0.5) is 16.2 Å². The maximum atomic E-state index is 12.6. The van der Waals surface area contributed by atoms with Gasteiger partial charge in [-0.15, -0.1) is 11.3 Å². The highest BCUT2D eigenvalue weighted by Crippen LogP contribution is 2.24. The fourth-order valence-corrected chi connectivity index (χ4v) is 3.87. The Morgan fingerprint density at radius 3 is 2.36 bits per heavy atom. The minimum atomic E-state index is -0.0589.